The van der Waals surface area contributed by atoms with E-state index in [1.807, 2.05) is 0 Å². The second kappa shape index (κ2) is 49.5. The highest BCUT2D eigenvalue weighted by molar-refractivity contribution is 4.51. The van der Waals surface area contributed by atoms with Gasteiger partial charge in [-0.05, 0) is 19.8 Å². The molecule has 4 heteroatoms. The van der Waals surface area contributed by atoms with Gasteiger partial charge in [-0.15, -0.1) is 0 Å². The van der Waals surface area contributed by atoms with Crippen molar-refractivity contribution in [1.29, 1.82) is 0 Å². The molecule has 0 unspecified atom stereocenters. The fourth-order valence-corrected chi connectivity index (χ4v) is 5.08. The molecule has 4 nitrogen and oxygen atoms in total. The van der Waals surface area contributed by atoms with Crippen molar-refractivity contribution in [3.8, 4) is 0 Å². The van der Waals surface area contributed by atoms with Gasteiger partial charge in [-0.25, -0.2) is 0 Å². The number of rotatable bonds is 32. The first-order chi connectivity index (χ1) is 20.2. The summed E-state index contributed by atoms with van der Waals surface area (Å²) >= 11 is 0. The lowest BCUT2D eigenvalue weighted by molar-refractivity contribution is 0.125. The minimum Gasteiger partial charge on any atom is -0.397 e. The fraction of sp³-hybridized carbons (Fsp3) is 1.00. The minimum atomic E-state index is -0.125. The second-order valence-corrected chi connectivity index (χ2v) is 11.9. The zero-order valence-corrected chi connectivity index (χ0v) is 28.8. The maximum absolute atomic E-state index is 7.62. The van der Waals surface area contributed by atoms with Gasteiger partial charge in [0.25, 0.3) is 0 Å². The minimum absolute atomic E-state index is 0.125. The van der Waals surface area contributed by atoms with E-state index >= 15 is 0 Å². The Morgan fingerprint density at radius 2 is 0.463 bits per heavy atom. The molecule has 0 aliphatic carbocycles. The Morgan fingerprint density at radius 3 is 0.634 bits per heavy atom. The number of aliphatic hydroxyl groups is 3. The highest BCUT2D eigenvalue weighted by Gasteiger charge is 1.96. The molecule has 0 amide bonds. The lowest BCUT2D eigenvalue weighted by Gasteiger charge is -2.05. The Bertz CT molecular complexity index is 344. The highest BCUT2D eigenvalue weighted by Crippen LogP contribution is 2.14. The largest absolute Gasteiger partial charge is 0.397 e. The van der Waals surface area contributed by atoms with Crippen LogP contribution in [0.1, 0.15) is 207 Å². The summed E-state index contributed by atoms with van der Waals surface area (Å²) in [7, 11) is 0. The maximum Gasteiger partial charge on any atom is 0.0662 e. The summed E-state index contributed by atoms with van der Waals surface area (Å²) < 4.78 is 5.85. The van der Waals surface area contributed by atoms with Crippen molar-refractivity contribution < 1.29 is 20.1 Å². The Kier molecular flexibility index (Phi) is 54.7. The van der Waals surface area contributed by atoms with Crippen LogP contribution in [0.5, 0.6) is 0 Å². The van der Waals surface area contributed by atoms with E-state index in [2.05, 4.69) is 13.8 Å². The van der Waals surface area contributed by atoms with E-state index in [-0.39, 0.29) is 19.8 Å². The van der Waals surface area contributed by atoms with Crippen molar-refractivity contribution in [3.63, 3.8) is 0 Å². The standard InChI is InChI=1S/C33H68O.C2H6O2.C2H6O/c1-3-5-7-9-11-13-15-17-18-19-21-23-25-27-29-31-33-34-32-30-28-26-24-22-20-16-14-12-10-8-6-4-2;3-1-2-4;1-2-3/h3-33H2,1-2H3;3-4H,1-2H2;3H,2H2,1H3. The number of aliphatic hydroxyl groups excluding tert-OH is 3. The van der Waals surface area contributed by atoms with E-state index in [0.717, 1.165) is 13.2 Å². The fourth-order valence-electron chi connectivity index (χ4n) is 5.08. The van der Waals surface area contributed by atoms with Crippen LogP contribution < -0.4 is 0 Å². The summed E-state index contributed by atoms with van der Waals surface area (Å²) in [6, 6.07) is 0. The highest BCUT2D eigenvalue weighted by atomic mass is 16.5. The number of unbranched alkanes of at least 4 members (excludes halogenated alkanes) is 27. The summed E-state index contributed by atoms with van der Waals surface area (Å²) in [5, 5.41) is 22.8. The summed E-state index contributed by atoms with van der Waals surface area (Å²) in [5.41, 5.74) is 0. The molecule has 0 aromatic heterocycles. The molecule has 0 saturated carbocycles. The molecule has 0 radical (unpaired) electrons. The zero-order chi connectivity index (χ0) is 30.7. The third-order valence-corrected chi connectivity index (χ3v) is 7.63. The molecule has 0 bridgehead atoms. The third kappa shape index (κ3) is 56.3. The van der Waals surface area contributed by atoms with E-state index in [9.17, 15) is 0 Å². The van der Waals surface area contributed by atoms with Gasteiger partial charge in [0.05, 0.1) is 13.2 Å². The van der Waals surface area contributed by atoms with Crippen LogP contribution in [0.4, 0.5) is 0 Å². The van der Waals surface area contributed by atoms with Crippen LogP contribution in [-0.4, -0.2) is 48.4 Å². The Balaban J connectivity index is -0.00000184. The van der Waals surface area contributed by atoms with Gasteiger partial charge >= 0.3 is 0 Å². The molecule has 41 heavy (non-hydrogen) atoms. The van der Waals surface area contributed by atoms with Crippen molar-refractivity contribution in [2.24, 2.45) is 0 Å². The molecule has 0 rings (SSSR count). The Hall–Kier alpha value is -0.160. The van der Waals surface area contributed by atoms with Crippen molar-refractivity contribution in [3.05, 3.63) is 0 Å². The predicted molar refractivity (Wildman–Crippen MR) is 183 cm³/mol. The number of hydrogen-bond donors (Lipinski definition) is 3. The molecule has 0 aliphatic heterocycles. The van der Waals surface area contributed by atoms with Gasteiger partial charge in [-0.3, -0.25) is 0 Å². The van der Waals surface area contributed by atoms with Crippen molar-refractivity contribution in [1.82, 2.24) is 0 Å². The topological polar surface area (TPSA) is 69.9 Å². The number of hydrogen-bond acceptors (Lipinski definition) is 4. The van der Waals surface area contributed by atoms with E-state index in [1.54, 1.807) is 6.92 Å². The van der Waals surface area contributed by atoms with Crippen molar-refractivity contribution >= 4 is 0 Å². The van der Waals surface area contributed by atoms with E-state index in [0.29, 0.717) is 0 Å². The molecular formula is C37H80O4. The third-order valence-electron chi connectivity index (χ3n) is 7.63. The molecule has 0 saturated heterocycles. The van der Waals surface area contributed by atoms with Crippen LogP contribution in [0, 0.1) is 0 Å². The average Bonchev–Trinajstić information content (AvgIpc) is 2.98. The first-order valence-electron chi connectivity index (χ1n) is 18.6. The zero-order valence-electron chi connectivity index (χ0n) is 28.8. The molecule has 0 spiro atoms. The molecule has 0 aliphatic rings. The average molecular weight is 589 g/mol. The first-order valence-corrected chi connectivity index (χ1v) is 18.6. The molecule has 0 atom stereocenters. The molecule has 252 valence electrons. The molecule has 0 aromatic rings. The van der Waals surface area contributed by atoms with Gasteiger partial charge in [0, 0.05) is 19.8 Å². The lowest BCUT2D eigenvalue weighted by atomic mass is 10.0. The molecule has 3 N–H and O–H groups in total. The van der Waals surface area contributed by atoms with Crippen LogP contribution in [0.2, 0.25) is 0 Å². The van der Waals surface area contributed by atoms with Crippen LogP contribution in [0.25, 0.3) is 0 Å². The van der Waals surface area contributed by atoms with E-state index in [4.69, 9.17) is 20.1 Å². The summed E-state index contributed by atoms with van der Waals surface area (Å²) in [5.74, 6) is 0. The van der Waals surface area contributed by atoms with Gasteiger partial charge in [0.2, 0.25) is 0 Å². The van der Waals surface area contributed by atoms with Gasteiger partial charge in [0.15, 0.2) is 0 Å². The monoisotopic (exact) mass is 589 g/mol. The maximum atomic E-state index is 7.62. The predicted octanol–water partition coefficient (Wildman–Crippen LogP) is 11.3. The SMILES string of the molecule is CCCCCCCCCCCCCCCCCCOCCCCCCCCCCCCCCC.CCO.OCCO. The van der Waals surface area contributed by atoms with Gasteiger partial charge < -0.3 is 20.1 Å². The molecular weight excluding hydrogens is 508 g/mol. The summed E-state index contributed by atoms with van der Waals surface area (Å²) in [6.07, 6.45) is 41.6. The van der Waals surface area contributed by atoms with Crippen LogP contribution in [0.3, 0.4) is 0 Å². The molecule has 0 aromatic carbocycles. The van der Waals surface area contributed by atoms with Crippen molar-refractivity contribution in [2.75, 3.05) is 33.0 Å². The molecule has 0 heterocycles. The number of ether oxygens (including phenoxy) is 1. The first kappa shape index (κ1) is 45.3. The summed E-state index contributed by atoms with van der Waals surface area (Å²) in [6.45, 7) is 8.28. The van der Waals surface area contributed by atoms with Crippen LogP contribution in [0.15, 0.2) is 0 Å². The van der Waals surface area contributed by atoms with Gasteiger partial charge in [-0.2, -0.15) is 0 Å². The smallest absolute Gasteiger partial charge is 0.0662 e. The quantitative estimate of drug-likeness (QED) is 0.0683. The lowest BCUT2D eigenvalue weighted by Crippen LogP contribution is -1.97. The molecule has 0 fully saturated rings. The van der Waals surface area contributed by atoms with Crippen LogP contribution in [-0.2, 0) is 4.74 Å². The second-order valence-electron chi connectivity index (χ2n) is 11.9. The van der Waals surface area contributed by atoms with Crippen molar-refractivity contribution in [2.45, 2.75) is 207 Å². The van der Waals surface area contributed by atoms with E-state index in [1.165, 1.54) is 186 Å². The van der Waals surface area contributed by atoms with Crippen LogP contribution >= 0.6 is 0 Å². The Labute approximate surface area is 259 Å². The Morgan fingerprint density at radius 1 is 0.293 bits per heavy atom. The van der Waals surface area contributed by atoms with Gasteiger partial charge in [0.1, 0.15) is 0 Å². The van der Waals surface area contributed by atoms with E-state index < -0.39 is 0 Å². The van der Waals surface area contributed by atoms with Gasteiger partial charge in [-0.1, -0.05) is 187 Å². The summed E-state index contributed by atoms with van der Waals surface area (Å²) in [4.78, 5) is 0. The normalized spacial score (nSPS) is 10.7.